The van der Waals surface area contributed by atoms with E-state index in [9.17, 15) is 4.79 Å². The number of carbonyl (C=O) groups excluding carboxylic acids is 1. The van der Waals surface area contributed by atoms with Gasteiger partial charge in [0.05, 0.1) is 6.04 Å². The fourth-order valence-corrected chi connectivity index (χ4v) is 3.11. The van der Waals surface area contributed by atoms with Gasteiger partial charge in [-0.05, 0) is 11.1 Å². The molecule has 1 amide bonds. The van der Waals surface area contributed by atoms with Crippen molar-refractivity contribution in [1.29, 1.82) is 0 Å². The van der Waals surface area contributed by atoms with Crippen LogP contribution in [0.2, 0.25) is 0 Å². The average Bonchev–Trinajstić information content (AvgIpc) is 2.67. The molecule has 0 spiro atoms. The number of hydrogen-bond donors (Lipinski definition) is 2. The van der Waals surface area contributed by atoms with Crippen LogP contribution in [0.3, 0.4) is 0 Å². The molecule has 0 radical (unpaired) electrons. The molecule has 0 bridgehead atoms. The van der Waals surface area contributed by atoms with Crippen LogP contribution in [0.15, 0.2) is 60.7 Å². The lowest BCUT2D eigenvalue weighted by atomic mass is 9.98. The van der Waals surface area contributed by atoms with Gasteiger partial charge in [0.25, 0.3) is 0 Å². The third-order valence-electron chi connectivity index (χ3n) is 4.42. The van der Waals surface area contributed by atoms with E-state index < -0.39 is 0 Å². The summed E-state index contributed by atoms with van der Waals surface area (Å²) >= 11 is 0. The lowest BCUT2D eigenvalue weighted by molar-refractivity contribution is -0.131. The molecule has 4 heteroatoms. The van der Waals surface area contributed by atoms with Gasteiger partial charge in [-0.15, -0.1) is 0 Å². The molecule has 2 aromatic carbocycles. The highest BCUT2D eigenvalue weighted by Gasteiger charge is 2.17. The van der Waals surface area contributed by atoms with E-state index in [0.717, 1.165) is 26.2 Å². The first-order valence-electron chi connectivity index (χ1n) is 8.66. The Bertz CT molecular complexity index is 584. The van der Waals surface area contributed by atoms with Gasteiger partial charge in [-0.2, -0.15) is 0 Å². The Kier molecular flexibility index (Phi) is 5.99. The Labute approximate surface area is 143 Å². The minimum absolute atomic E-state index is 0.114. The molecule has 0 aromatic heterocycles. The number of carbonyl (C=O) groups is 1. The van der Waals surface area contributed by atoms with Crippen LogP contribution in [0.1, 0.15) is 23.6 Å². The molecule has 0 atom stereocenters. The minimum atomic E-state index is 0.114. The molecule has 2 aromatic rings. The van der Waals surface area contributed by atoms with Crippen LogP contribution in [-0.2, 0) is 4.79 Å². The molecule has 1 heterocycles. The van der Waals surface area contributed by atoms with Crippen molar-refractivity contribution >= 4 is 5.91 Å². The zero-order chi connectivity index (χ0) is 16.6. The highest BCUT2D eigenvalue weighted by atomic mass is 16.2. The van der Waals surface area contributed by atoms with Crippen molar-refractivity contribution in [3.8, 4) is 0 Å². The predicted octanol–water partition coefficient (Wildman–Crippen LogP) is 2.19. The van der Waals surface area contributed by atoms with Crippen molar-refractivity contribution in [2.75, 3.05) is 32.7 Å². The molecule has 24 heavy (non-hydrogen) atoms. The van der Waals surface area contributed by atoms with Gasteiger partial charge in [-0.25, -0.2) is 0 Å². The number of amides is 1. The Morgan fingerprint density at radius 3 is 2.04 bits per heavy atom. The van der Waals surface area contributed by atoms with E-state index in [1.165, 1.54) is 11.1 Å². The van der Waals surface area contributed by atoms with Crippen LogP contribution in [-0.4, -0.2) is 43.5 Å². The van der Waals surface area contributed by atoms with Crippen LogP contribution >= 0.6 is 0 Å². The highest BCUT2D eigenvalue weighted by Crippen LogP contribution is 2.21. The summed E-state index contributed by atoms with van der Waals surface area (Å²) in [6.45, 7) is 4.11. The second-order valence-corrected chi connectivity index (χ2v) is 6.09. The summed E-state index contributed by atoms with van der Waals surface area (Å²) in [5.74, 6) is 0.240. The van der Waals surface area contributed by atoms with Gasteiger partial charge in [-0.3, -0.25) is 4.79 Å². The number of piperazine rings is 1. The molecule has 2 N–H and O–H groups in total. The number of benzene rings is 2. The number of nitrogens with one attached hydrogen (secondary N) is 2. The zero-order valence-corrected chi connectivity index (χ0v) is 13.9. The van der Waals surface area contributed by atoms with Crippen LogP contribution in [0.25, 0.3) is 0 Å². The van der Waals surface area contributed by atoms with Gasteiger partial charge < -0.3 is 15.5 Å². The molecular formula is C20H25N3O. The van der Waals surface area contributed by atoms with Gasteiger partial charge in [0.15, 0.2) is 0 Å². The average molecular weight is 323 g/mol. The zero-order valence-electron chi connectivity index (χ0n) is 13.9. The van der Waals surface area contributed by atoms with Crippen LogP contribution in [0.4, 0.5) is 0 Å². The highest BCUT2D eigenvalue weighted by molar-refractivity contribution is 5.76. The molecule has 3 rings (SSSR count). The number of nitrogens with zero attached hydrogens (tertiary/aromatic N) is 1. The number of rotatable bonds is 6. The molecule has 1 aliphatic rings. The molecule has 0 unspecified atom stereocenters. The van der Waals surface area contributed by atoms with E-state index in [2.05, 4.69) is 59.2 Å². The van der Waals surface area contributed by atoms with E-state index in [1.54, 1.807) is 0 Å². The van der Waals surface area contributed by atoms with Gasteiger partial charge in [0.2, 0.25) is 5.91 Å². The third kappa shape index (κ3) is 4.43. The SMILES string of the molecule is O=C(CCNC(c1ccccc1)c1ccccc1)N1CCNCC1. The first kappa shape index (κ1) is 16.7. The van der Waals surface area contributed by atoms with Crippen molar-refractivity contribution in [3.05, 3.63) is 71.8 Å². The largest absolute Gasteiger partial charge is 0.340 e. The van der Waals surface area contributed by atoms with Gasteiger partial charge in [0, 0.05) is 39.1 Å². The van der Waals surface area contributed by atoms with Gasteiger partial charge in [-0.1, -0.05) is 60.7 Å². The Morgan fingerprint density at radius 2 is 1.50 bits per heavy atom. The summed E-state index contributed by atoms with van der Waals surface area (Å²) < 4.78 is 0. The molecule has 1 aliphatic heterocycles. The molecular weight excluding hydrogens is 298 g/mol. The summed E-state index contributed by atoms with van der Waals surface area (Å²) in [6.07, 6.45) is 0.538. The molecule has 1 saturated heterocycles. The van der Waals surface area contributed by atoms with Crippen molar-refractivity contribution in [1.82, 2.24) is 15.5 Å². The maximum absolute atomic E-state index is 12.3. The summed E-state index contributed by atoms with van der Waals surface area (Å²) in [5, 5.41) is 6.84. The predicted molar refractivity (Wildman–Crippen MR) is 96.8 cm³/mol. The van der Waals surface area contributed by atoms with E-state index in [0.29, 0.717) is 13.0 Å². The van der Waals surface area contributed by atoms with E-state index in [4.69, 9.17) is 0 Å². The first-order valence-corrected chi connectivity index (χ1v) is 8.66. The smallest absolute Gasteiger partial charge is 0.223 e. The second kappa shape index (κ2) is 8.62. The summed E-state index contributed by atoms with van der Waals surface area (Å²) in [6, 6.07) is 20.9. The normalized spacial score (nSPS) is 14.8. The van der Waals surface area contributed by atoms with Crippen molar-refractivity contribution in [3.63, 3.8) is 0 Å². The summed E-state index contributed by atoms with van der Waals surface area (Å²) in [5.41, 5.74) is 2.44. The van der Waals surface area contributed by atoms with E-state index >= 15 is 0 Å². The minimum Gasteiger partial charge on any atom is -0.340 e. The standard InChI is InChI=1S/C20H25N3O/c24-19(23-15-13-21-14-16-23)11-12-22-20(17-7-3-1-4-8-17)18-9-5-2-6-10-18/h1-10,20-22H,11-16H2. The molecule has 4 nitrogen and oxygen atoms in total. The monoisotopic (exact) mass is 323 g/mol. The van der Waals surface area contributed by atoms with Crippen molar-refractivity contribution in [2.45, 2.75) is 12.5 Å². The maximum Gasteiger partial charge on any atom is 0.223 e. The van der Waals surface area contributed by atoms with Crippen molar-refractivity contribution in [2.24, 2.45) is 0 Å². The fourth-order valence-electron chi connectivity index (χ4n) is 3.11. The molecule has 126 valence electrons. The van der Waals surface area contributed by atoms with E-state index in [-0.39, 0.29) is 11.9 Å². The number of hydrogen-bond acceptors (Lipinski definition) is 3. The second-order valence-electron chi connectivity index (χ2n) is 6.09. The fraction of sp³-hybridized carbons (Fsp3) is 0.350. The summed E-state index contributed by atoms with van der Waals surface area (Å²) in [4.78, 5) is 14.3. The van der Waals surface area contributed by atoms with Crippen molar-refractivity contribution < 1.29 is 4.79 Å². The first-order chi connectivity index (χ1) is 11.8. The third-order valence-corrected chi connectivity index (χ3v) is 4.42. The van der Waals surface area contributed by atoms with Crippen LogP contribution in [0, 0.1) is 0 Å². The molecule has 1 fully saturated rings. The lowest BCUT2D eigenvalue weighted by Gasteiger charge is -2.28. The van der Waals surface area contributed by atoms with Gasteiger partial charge in [0.1, 0.15) is 0 Å². The Hall–Kier alpha value is -2.17. The topological polar surface area (TPSA) is 44.4 Å². The quantitative estimate of drug-likeness (QED) is 0.856. The van der Waals surface area contributed by atoms with Gasteiger partial charge >= 0.3 is 0 Å². The van der Waals surface area contributed by atoms with Crippen LogP contribution in [0.5, 0.6) is 0 Å². The molecule has 0 saturated carbocycles. The Balaban J connectivity index is 1.61. The molecule has 0 aliphatic carbocycles. The Morgan fingerprint density at radius 1 is 0.958 bits per heavy atom. The lowest BCUT2D eigenvalue weighted by Crippen LogP contribution is -2.47. The van der Waals surface area contributed by atoms with E-state index in [1.807, 2.05) is 17.0 Å². The maximum atomic E-state index is 12.3. The van der Waals surface area contributed by atoms with Crippen LogP contribution < -0.4 is 10.6 Å². The summed E-state index contributed by atoms with van der Waals surface area (Å²) in [7, 11) is 0.